The first-order chi connectivity index (χ1) is 9.38. The third-order valence-corrected chi connectivity index (χ3v) is 2.48. The highest BCUT2D eigenvalue weighted by atomic mass is 19.4. The highest BCUT2D eigenvalue weighted by Crippen LogP contribution is 2.35. The van der Waals surface area contributed by atoms with E-state index in [-0.39, 0.29) is 18.8 Å². The summed E-state index contributed by atoms with van der Waals surface area (Å²) in [5, 5.41) is 2.20. The normalized spacial score (nSPS) is 11.4. The Bertz CT molecular complexity index is 461. The number of alkyl halides is 3. The molecule has 0 atom stereocenters. The van der Waals surface area contributed by atoms with Gasteiger partial charge in [0, 0.05) is 13.2 Å². The summed E-state index contributed by atoms with van der Waals surface area (Å²) in [4.78, 5) is 11.5. The van der Waals surface area contributed by atoms with Crippen molar-refractivity contribution in [3.05, 3.63) is 29.3 Å². The Morgan fingerprint density at radius 2 is 2.10 bits per heavy atom. The fourth-order valence-electron chi connectivity index (χ4n) is 1.56. The molecule has 3 N–H and O–H groups in total. The molecule has 0 unspecified atom stereocenters. The maximum Gasteiger partial charge on any atom is 0.418 e. The summed E-state index contributed by atoms with van der Waals surface area (Å²) in [6.07, 6.45) is -3.83. The van der Waals surface area contributed by atoms with E-state index in [1.807, 2.05) is 6.92 Å². The Kier molecular flexibility index (Phi) is 5.97. The van der Waals surface area contributed by atoms with Gasteiger partial charge in [0.05, 0.1) is 11.3 Å². The zero-order chi connectivity index (χ0) is 15.2. The van der Waals surface area contributed by atoms with Crippen molar-refractivity contribution in [3.8, 4) is 0 Å². The van der Waals surface area contributed by atoms with E-state index in [9.17, 15) is 18.0 Å². The van der Waals surface area contributed by atoms with Crippen LogP contribution in [0.5, 0.6) is 0 Å². The van der Waals surface area contributed by atoms with Crippen molar-refractivity contribution in [2.75, 3.05) is 18.5 Å². The second-order valence-electron chi connectivity index (χ2n) is 4.18. The quantitative estimate of drug-likeness (QED) is 0.791. The molecule has 0 aliphatic rings. The lowest BCUT2D eigenvalue weighted by molar-refractivity contribution is -0.137. The number of anilines is 1. The fourth-order valence-corrected chi connectivity index (χ4v) is 1.56. The van der Waals surface area contributed by atoms with E-state index >= 15 is 0 Å². The van der Waals surface area contributed by atoms with Gasteiger partial charge in [0.25, 0.3) is 0 Å². The van der Waals surface area contributed by atoms with Gasteiger partial charge >= 0.3 is 6.18 Å². The first-order valence-corrected chi connectivity index (χ1v) is 6.16. The van der Waals surface area contributed by atoms with Gasteiger partial charge in [-0.05, 0) is 24.1 Å². The molecule has 4 nitrogen and oxygen atoms in total. The van der Waals surface area contributed by atoms with Crippen LogP contribution in [0.1, 0.15) is 24.5 Å². The van der Waals surface area contributed by atoms with Gasteiger partial charge in [-0.25, -0.2) is 0 Å². The molecular weight excluding hydrogens is 273 g/mol. The summed E-state index contributed by atoms with van der Waals surface area (Å²) in [6.45, 7) is 1.97. The Labute approximate surface area is 115 Å². The van der Waals surface area contributed by atoms with Crippen LogP contribution >= 0.6 is 0 Å². The number of nitrogens with one attached hydrogen (secondary N) is 1. The number of hydrogen-bond donors (Lipinski definition) is 2. The maximum atomic E-state index is 12.9. The Morgan fingerprint density at radius 3 is 2.65 bits per heavy atom. The van der Waals surface area contributed by atoms with Gasteiger partial charge in [-0.3, -0.25) is 4.79 Å². The molecule has 1 aromatic carbocycles. The lowest BCUT2D eigenvalue weighted by Crippen LogP contribution is -2.21. The van der Waals surface area contributed by atoms with Gasteiger partial charge in [-0.15, -0.1) is 0 Å². The van der Waals surface area contributed by atoms with Crippen molar-refractivity contribution < 1.29 is 22.7 Å². The number of hydrogen-bond acceptors (Lipinski definition) is 3. The van der Waals surface area contributed by atoms with Crippen molar-refractivity contribution in [3.63, 3.8) is 0 Å². The molecule has 0 bridgehead atoms. The van der Waals surface area contributed by atoms with Crippen LogP contribution in [0.2, 0.25) is 0 Å². The molecule has 0 saturated carbocycles. The molecule has 0 heterocycles. The SMILES string of the molecule is CCCOCC(=O)Nc1ccc(CN)cc1C(F)(F)F. The summed E-state index contributed by atoms with van der Waals surface area (Å²) in [5.41, 5.74) is 4.46. The van der Waals surface area contributed by atoms with E-state index in [1.54, 1.807) is 0 Å². The van der Waals surface area contributed by atoms with Crippen LogP contribution in [0.15, 0.2) is 18.2 Å². The summed E-state index contributed by atoms with van der Waals surface area (Å²) in [5.74, 6) is -0.621. The van der Waals surface area contributed by atoms with Crippen LogP contribution in [0, 0.1) is 0 Å². The molecule has 112 valence electrons. The molecule has 0 aromatic heterocycles. The van der Waals surface area contributed by atoms with Crippen molar-refractivity contribution in [2.45, 2.75) is 26.1 Å². The molecule has 0 saturated heterocycles. The zero-order valence-corrected chi connectivity index (χ0v) is 11.1. The number of benzene rings is 1. The topological polar surface area (TPSA) is 64.3 Å². The van der Waals surface area contributed by atoms with Gasteiger partial charge in [0.1, 0.15) is 6.61 Å². The minimum absolute atomic E-state index is 0.00306. The molecule has 1 amide bonds. The third kappa shape index (κ3) is 4.82. The van der Waals surface area contributed by atoms with Crippen LogP contribution in [-0.4, -0.2) is 19.1 Å². The van der Waals surface area contributed by atoms with Crippen molar-refractivity contribution in [1.82, 2.24) is 0 Å². The van der Waals surface area contributed by atoms with Crippen molar-refractivity contribution in [1.29, 1.82) is 0 Å². The van der Waals surface area contributed by atoms with Crippen molar-refractivity contribution >= 4 is 11.6 Å². The lowest BCUT2D eigenvalue weighted by atomic mass is 10.1. The Balaban J connectivity index is 2.86. The van der Waals surface area contributed by atoms with Crippen LogP contribution in [0.3, 0.4) is 0 Å². The van der Waals surface area contributed by atoms with Gasteiger partial charge in [-0.1, -0.05) is 13.0 Å². The number of nitrogens with two attached hydrogens (primary N) is 1. The largest absolute Gasteiger partial charge is 0.418 e. The monoisotopic (exact) mass is 290 g/mol. The Morgan fingerprint density at radius 1 is 1.40 bits per heavy atom. The number of amides is 1. The van der Waals surface area contributed by atoms with Gasteiger partial charge in [0.15, 0.2) is 0 Å². The molecule has 1 aromatic rings. The molecule has 7 heteroatoms. The predicted octanol–water partition coefficient (Wildman–Crippen LogP) is 2.53. The Hall–Kier alpha value is -1.60. The molecule has 0 aliphatic heterocycles. The molecular formula is C13H17F3N2O2. The number of carbonyl (C=O) groups excluding carboxylic acids is 1. The first kappa shape index (κ1) is 16.5. The van der Waals surface area contributed by atoms with Gasteiger partial charge in [0.2, 0.25) is 5.91 Å². The third-order valence-electron chi connectivity index (χ3n) is 2.48. The number of carbonyl (C=O) groups is 1. The minimum atomic E-state index is -4.56. The zero-order valence-electron chi connectivity index (χ0n) is 11.1. The summed E-state index contributed by atoms with van der Waals surface area (Å²) in [6, 6.07) is 3.57. The number of ether oxygens (including phenoxy) is 1. The average Bonchev–Trinajstić information content (AvgIpc) is 2.38. The summed E-state index contributed by atoms with van der Waals surface area (Å²) in [7, 11) is 0. The smallest absolute Gasteiger partial charge is 0.372 e. The van der Waals surface area contributed by atoms with Gasteiger partial charge < -0.3 is 15.8 Å². The second kappa shape index (κ2) is 7.25. The van der Waals surface area contributed by atoms with E-state index in [4.69, 9.17) is 10.5 Å². The number of rotatable bonds is 6. The van der Waals surface area contributed by atoms with E-state index in [0.717, 1.165) is 12.5 Å². The minimum Gasteiger partial charge on any atom is -0.372 e. The summed E-state index contributed by atoms with van der Waals surface area (Å²) < 4.78 is 43.7. The lowest BCUT2D eigenvalue weighted by Gasteiger charge is -2.15. The molecule has 0 aliphatic carbocycles. The molecule has 20 heavy (non-hydrogen) atoms. The van der Waals surface area contributed by atoms with E-state index < -0.39 is 17.6 Å². The van der Waals surface area contributed by atoms with Gasteiger partial charge in [-0.2, -0.15) is 13.2 Å². The van der Waals surface area contributed by atoms with Crippen molar-refractivity contribution in [2.24, 2.45) is 5.73 Å². The van der Waals surface area contributed by atoms with E-state index in [2.05, 4.69) is 5.32 Å². The predicted molar refractivity (Wildman–Crippen MR) is 69.1 cm³/mol. The maximum absolute atomic E-state index is 12.9. The second-order valence-corrected chi connectivity index (χ2v) is 4.18. The number of halogens is 3. The van der Waals surface area contributed by atoms with Crippen LogP contribution in [0.4, 0.5) is 18.9 Å². The molecule has 0 spiro atoms. The van der Waals surface area contributed by atoms with E-state index in [0.29, 0.717) is 12.2 Å². The highest BCUT2D eigenvalue weighted by Gasteiger charge is 2.34. The van der Waals surface area contributed by atoms with E-state index in [1.165, 1.54) is 12.1 Å². The van der Waals surface area contributed by atoms with Crippen LogP contribution < -0.4 is 11.1 Å². The van der Waals surface area contributed by atoms with Crippen LogP contribution in [-0.2, 0) is 22.3 Å². The standard InChI is InChI=1S/C13H17F3N2O2/c1-2-5-20-8-12(19)18-11-4-3-9(7-17)6-10(11)13(14,15)16/h3-4,6H,2,5,7-8,17H2,1H3,(H,18,19). The fraction of sp³-hybridized carbons (Fsp3) is 0.462. The average molecular weight is 290 g/mol. The molecule has 1 rings (SSSR count). The first-order valence-electron chi connectivity index (χ1n) is 6.16. The summed E-state index contributed by atoms with van der Waals surface area (Å²) >= 11 is 0. The van der Waals surface area contributed by atoms with Crippen LogP contribution in [0.25, 0.3) is 0 Å². The molecule has 0 radical (unpaired) electrons. The molecule has 0 fully saturated rings. The highest BCUT2D eigenvalue weighted by molar-refractivity contribution is 5.92.